The van der Waals surface area contributed by atoms with Crippen LogP contribution in [-0.2, 0) is 14.8 Å². The number of hydrogen-bond acceptors (Lipinski definition) is 4. The molecule has 0 saturated carbocycles. The van der Waals surface area contributed by atoms with Gasteiger partial charge in [-0.25, -0.2) is 22.3 Å². The SMILES string of the molecule is CC(C)COCCOc1c(F)cc(S(N)(=O)=O)cc1F. The van der Waals surface area contributed by atoms with Crippen LogP contribution < -0.4 is 9.88 Å². The smallest absolute Gasteiger partial charge is 0.238 e. The van der Waals surface area contributed by atoms with Crippen molar-refractivity contribution in [2.45, 2.75) is 18.7 Å². The van der Waals surface area contributed by atoms with Gasteiger partial charge in [-0.05, 0) is 18.1 Å². The average Bonchev–Trinajstić information content (AvgIpc) is 2.29. The first-order chi connectivity index (χ1) is 9.21. The molecule has 114 valence electrons. The number of benzene rings is 1. The van der Waals surface area contributed by atoms with Crippen LogP contribution in [0.15, 0.2) is 17.0 Å². The van der Waals surface area contributed by atoms with Gasteiger partial charge in [0.25, 0.3) is 0 Å². The Balaban J connectivity index is 2.68. The Kier molecular flexibility index (Phi) is 5.85. The van der Waals surface area contributed by atoms with E-state index >= 15 is 0 Å². The molecule has 0 radical (unpaired) electrons. The minimum absolute atomic E-state index is 0.0463. The van der Waals surface area contributed by atoms with Crippen LogP contribution in [0.2, 0.25) is 0 Å². The summed E-state index contributed by atoms with van der Waals surface area (Å²) in [6.45, 7) is 4.57. The molecule has 1 aromatic carbocycles. The van der Waals surface area contributed by atoms with Crippen LogP contribution in [0.1, 0.15) is 13.8 Å². The van der Waals surface area contributed by atoms with Crippen molar-refractivity contribution in [1.29, 1.82) is 0 Å². The molecule has 0 atom stereocenters. The minimum Gasteiger partial charge on any atom is -0.485 e. The van der Waals surface area contributed by atoms with Crippen molar-refractivity contribution in [3.05, 3.63) is 23.8 Å². The summed E-state index contributed by atoms with van der Waals surface area (Å²) in [5.41, 5.74) is 0. The first-order valence-electron chi connectivity index (χ1n) is 5.94. The molecule has 0 aromatic heterocycles. The van der Waals surface area contributed by atoms with Gasteiger partial charge in [-0.15, -0.1) is 0 Å². The van der Waals surface area contributed by atoms with Gasteiger partial charge >= 0.3 is 0 Å². The van der Waals surface area contributed by atoms with Gasteiger partial charge < -0.3 is 9.47 Å². The van der Waals surface area contributed by atoms with E-state index < -0.39 is 32.3 Å². The molecular weight excluding hydrogens is 292 g/mol. The number of ether oxygens (including phenoxy) is 2. The molecule has 1 aromatic rings. The zero-order valence-electron chi connectivity index (χ0n) is 11.2. The van der Waals surface area contributed by atoms with Gasteiger partial charge in [0, 0.05) is 6.61 Å². The van der Waals surface area contributed by atoms with Crippen molar-refractivity contribution in [3.8, 4) is 5.75 Å². The lowest BCUT2D eigenvalue weighted by Crippen LogP contribution is -2.14. The fourth-order valence-electron chi connectivity index (χ4n) is 1.36. The Hall–Kier alpha value is -1.25. The lowest BCUT2D eigenvalue weighted by molar-refractivity contribution is 0.0795. The Morgan fingerprint density at radius 2 is 1.75 bits per heavy atom. The fourth-order valence-corrected chi connectivity index (χ4v) is 1.90. The van der Waals surface area contributed by atoms with Crippen LogP contribution in [0, 0.1) is 17.6 Å². The Bertz CT molecular complexity index is 538. The third-order valence-corrected chi connectivity index (χ3v) is 3.12. The van der Waals surface area contributed by atoms with E-state index in [1.54, 1.807) is 0 Å². The largest absolute Gasteiger partial charge is 0.485 e. The van der Waals surface area contributed by atoms with Gasteiger partial charge in [0.15, 0.2) is 17.4 Å². The summed E-state index contributed by atoms with van der Waals surface area (Å²) in [7, 11) is -4.16. The highest BCUT2D eigenvalue weighted by atomic mass is 32.2. The molecule has 0 aliphatic heterocycles. The zero-order chi connectivity index (χ0) is 15.3. The molecular formula is C12H17F2NO4S. The highest BCUT2D eigenvalue weighted by molar-refractivity contribution is 7.89. The lowest BCUT2D eigenvalue weighted by Gasteiger charge is -2.10. The second kappa shape index (κ2) is 6.96. The van der Waals surface area contributed by atoms with Gasteiger partial charge in [-0.2, -0.15) is 0 Å². The normalized spacial score (nSPS) is 11.9. The van der Waals surface area contributed by atoms with Gasteiger partial charge in [0.05, 0.1) is 11.5 Å². The van der Waals surface area contributed by atoms with E-state index in [0.717, 1.165) is 0 Å². The maximum absolute atomic E-state index is 13.6. The number of rotatable bonds is 7. The molecule has 0 saturated heterocycles. The Labute approximate surface area is 116 Å². The number of halogens is 2. The van der Waals surface area contributed by atoms with Crippen LogP contribution in [0.3, 0.4) is 0 Å². The molecule has 0 fully saturated rings. The highest BCUT2D eigenvalue weighted by Crippen LogP contribution is 2.24. The summed E-state index contributed by atoms with van der Waals surface area (Å²) >= 11 is 0. The van der Waals surface area contributed by atoms with Gasteiger partial charge in [0.1, 0.15) is 6.61 Å². The van der Waals surface area contributed by atoms with E-state index in [2.05, 4.69) is 0 Å². The monoisotopic (exact) mass is 309 g/mol. The van der Waals surface area contributed by atoms with Crippen molar-refractivity contribution in [2.24, 2.45) is 11.1 Å². The van der Waals surface area contributed by atoms with Crippen LogP contribution in [-0.4, -0.2) is 28.2 Å². The number of nitrogens with two attached hydrogens (primary N) is 1. The Morgan fingerprint density at radius 1 is 1.20 bits per heavy atom. The highest BCUT2D eigenvalue weighted by Gasteiger charge is 2.17. The fraction of sp³-hybridized carbons (Fsp3) is 0.500. The van der Waals surface area contributed by atoms with Crippen LogP contribution in [0.5, 0.6) is 5.75 Å². The summed E-state index contributed by atoms with van der Waals surface area (Å²) in [5.74, 6) is -2.56. The summed E-state index contributed by atoms with van der Waals surface area (Å²) < 4.78 is 59.2. The topological polar surface area (TPSA) is 78.6 Å². The van der Waals surface area contributed by atoms with E-state index in [-0.39, 0.29) is 13.2 Å². The molecule has 1 rings (SSSR count). The maximum atomic E-state index is 13.6. The quantitative estimate of drug-likeness (QED) is 0.777. The molecule has 0 aliphatic rings. The van der Waals surface area contributed by atoms with Gasteiger partial charge in [0.2, 0.25) is 10.0 Å². The first-order valence-corrected chi connectivity index (χ1v) is 7.49. The Morgan fingerprint density at radius 3 is 2.20 bits per heavy atom. The minimum atomic E-state index is -4.16. The molecule has 0 spiro atoms. The van der Waals surface area contributed by atoms with Crippen LogP contribution in [0.25, 0.3) is 0 Å². The van der Waals surface area contributed by atoms with Crippen molar-refractivity contribution in [2.75, 3.05) is 19.8 Å². The third-order valence-electron chi connectivity index (χ3n) is 2.23. The van der Waals surface area contributed by atoms with E-state index in [1.807, 2.05) is 13.8 Å². The molecule has 0 heterocycles. The molecule has 0 aliphatic carbocycles. The summed E-state index contributed by atoms with van der Waals surface area (Å²) in [5, 5.41) is 4.79. The van der Waals surface area contributed by atoms with Crippen molar-refractivity contribution in [1.82, 2.24) is 0 Å². The molecule has 0 amide bonds. The summed E-state index contributed by atoms with van der Waals surface area (Å²) in [4.78, 5) is -0.643. The van der Waals surface area contributed by atoms with E-state index in [0.29, 0.717) is 24.7 Å². The van der Waals surface area contributed by atoms with E-state index in [1.165, 1.54) is 0 Å². The molecule has 2 N–H and O–H groups in total. The average molecular weight is 309 g/mol. The maximum Gasteiger partial charge on any atom is 0.238 e. The van der Waals surface area contributed by atoms with Crippen molar-refractivity contribution in [3.63, 3.8) is 0 Å². The van der Waals surface area contributed by atoms with Gasteiger partial charge in [-0.1, -0.05) is 13.8 Å². The number of sulfonamides is 1. The van der Waals surface area contributed by atoms with Crippen LogP contribution in [0.4, 0.5) is 8.78 Å². The van der Waals surface area contributed by atoms with Crippen LogP contribution >= 0.6 is 0 Å². The standard InChI is InChI=1S/C12H17F2NO4S/c1-8(2)7-18-3-4-19-12-10(13)5-9(6-11(12)14)20(15,16)17/h5-6,8H,3-4,7H2,1-2H3,(H2,15,16,17). The lowest BCUT2D eigenvalue weighted by atomic mass is 10.2. The van der Waals surface area contributed by atoms with Crippen molar-refractivity contribution < 1.29 is 26.7 Å². The predicted molar refractivity (Wildman–Crippen MR) is 68.9 cm³/mol. The predicted octanol–water partition coefficient (Wildman–Crippen LogP) is 1.66. The first kappa shape index (κ1) is 16.8. The molecule has 5 nitrogen and oxygen atoms in total. The van der Waals surface area contributed by atoms with E-state index in [4.69, 9.17) is 14.6 Å². The number of primary sulfonamides is 1. The summed E-state index contributed by atoms with van der Waals surface area (Å²) in [6, 6.07) is 1.23. The summed E-state index contributed by atoms with van der Waals surface area (Å²) in [6.07, 6.45) is 0. The second-order valence-electron chi connectivity index (χ2n) is 4.58. The molecule has 8 heteroatoms. The van der Waals surface area contributed by atoms with Gasteiger partial charge in [-0.3, -0.25) is 0 Å². The zero-order valence-corrected chi connectivity index (χ0v) is 12.0. The number of hydrogen-bond donors (Lipinski definition) is 1. The molecule has 0 bridgehead atoms. The van der Waals surface area contributed by atoms with E-state index in [9.17, 15) is 17.2 Å². The molecule has 0 unspecified atom stereocenters. The second-order valence-corrected chi connectivity index (χ2v) is 6.14. The van der Waals surface area contributed by atoms with Crippen molar-refractivity contribution >= 4 is 10.0 Å². The third kappa shape index (κ3) is 5.03. The molecule has 20 heavy (non-hydrogen) atoms.